The number of hydrogen-bond acceptors (Lipinski definition) is 5. The third-order valence-corrected chi connectivity index (χ3v) is 8.35. The fourth-order valence-corrected chi connectivity index (χ4v) is 6.33. The van der Waals surface area contributed by atoms with Crippen molar-refractivity contribution in [3.63, 3.8) is 0 Å². The molecule has 4 fully saturated rings. The summed E-state index contributed by atoms with van der Waals surface area (Å²) in [6, 6.07) is 12.2. The standard InChI is InChI=1S/C27H42N4O2/c32-27(26-10-7-21-33-26)31-19-17-30(18-20-31)25(23-8-3-1-4-9-23)22-28-15-11-24(12-16-28)29-13-5-2-6-14-29/h1,3-4,8-9,24-26H,2,5-7,10-22H2. The van der Waals surface area contributed by atoms with E-state index in [1.165, 1.54) is 63.8 Å². The molecule has 1 aromatic carbocycles. The largest absolute Gasteiger partial charge is 0.368 e. The van der Waals surface area contributed by atoms with Crippen LogP contribution in [0.1, 0.15) is 56.6 Å². The van der Waals surface area contributed by atoms with Crippen molar-refractivity contribution in [3.8, 4) is 0 Å². The Kier molecular flexibility index (Phi) is 7.97. The Balaban J connectivity index is 1.17. The van der Waals surface area contributed by atoms with Gasteiger partial charge in [-0.3, -0.25) is 9.69 Å². The van der Waals surface area contributed by atoms with Crippen LogP contribution in [-0.2, 0) is 9.53 Å². The molecule has 4 aliphatic rings. The SMILES string of the molecule is O=C(C1CCCO1)N1CCN(C(CN2CCC(N3CCCCC3)CC2)c2ccccc2)CC1. The number of rotatable bonds is 6. The predicted molar refractivity (Wildman–Crippen MR) is 131 cm³/mol. The van der Waals surface area contributed by atoms with Crippen LogP contribution in [0, 0.1) is 0 Å². The van der Waals surface area contributed by atoms with E-state index >= 15 is 0 Å². The Labute approximate surface area is 199 Å². The van der Waals surface area contributed by atoms with Crippen LogP contribution in [0.2, 0.25) is 0 Å². The number of amides is 1. The molecule has 0 bridgehead atoms. The zero-order valence-electron chi connectivity index (χ0n) is 20.2. The average molecular weight is 455 g/mol. The van der Waals surface area contributed by atoms with Crippen molar-refractivity contribution in [2.75, 3.05) is 65.5 Å². The van der Waals surface area contributed by atoms with Gasteiger partial charge in [0.1, 0.15) is 6.10 Å². The molecule has 0 aliphatic carbocycles. The number of hydrogen-bond donors (Lipinski definition) is 0. The van der Waals surface area contributed by atoms with Crippen molar-refractivity contribution < 1.29 is 9.53 Å². The first-order chi connectivity index (χ1) is 16.3. The highest BCUT2D eigenvalue weighted by Gasteiger charge is 2.34. The molecule has 4 aliphatic heterocycles. The van der Waals surface area contributed by atoms with Crippen LogP contribution in [0.25, 0.3) is 0 Å². The Hall–Kier alpha value is -1.47. The zero-order valence-corrected chi connectivity index (χ0v) is 20.2. The molecule has 1 amide bonds. The zero-order chi connectivity index (χ0) is 22.5. The first kappa shape index (κ1) is 23.3. The van der Waals surface area contributed by atoms with E-state index in [1.807, 2.05) is 4.90 Å². The van der Waals surface area contributed by atoms with Gasteiger partial charge in [-0.05, 0) is 70.3 Å². The predicted octanol–water partition coefficient (Wildman–Crippen LogP) is 3.00. The normalized spacial score (nSPS) is 27.6. The number of benzene rings is 1. The minimum atomic E-state index is -0.192. The van der Waals surface area contributed by atoms with E-state index in [0.29, 0.717) is 6.04 Å². The van der Waals surface area contributed by atoms with E-state index in [-0.39, 0.29) is 12.0 Å². The van der Waals surface area contributed by atoms with Crippen molar-refractivity contribution in [1.82, 2.24) is 19.6 Å². The van der Waals surface area contributed by atoms with E-state index in [1.54, 1.807) is 0 Å². The first-order valence-corrected chi connectivity index (χ1v) is 13.4. The second kappa shape index (κ2) is 11.3. The Morgan fingerprint density at radius 2 is 1.58 bits per heavy atom. The molecule has 6 nitrogen and oxygen atoms in total. The molecular formula is C27H42N4O2. The summed E-state index contributed by atoms with van der Waals surface area (Å²) in [5.74, 6) is 0.211. The van der Waals surface area contributed by atoms with Crippen LogP contribution in [-0.4, -0.2) is 103 Å². The summed E-state index contributed by atoms with van der Waals surface area (Å²) in [7, 11) is 0. The lowest BCUT2D eigenvalue weighted by Crippen LogP contribution is -2.54. The molecule has 2 unspecified atom stereocenters. The maximum absolute atomic E-state index is 12.8. The fourth-order valence-electron chi connectivity index (χ4n) is 6.33. The van der Waals surface area contributed by atoms with Gasteiger partial charge in [-0.15, -0.1) is 0 Å². The molecular weight excluding hydrogens is 412 g/mol. The molecule has 0 N–H and O–H groups in total. The molecule has 0 radical (unpaired) electrons. The van der Waals surface area contributed by atoms with Gasteiger partial charge in [0.05, 0.1) is 0 Å². The summed E-state index contributed by atoms with van der Waals surface area (Å²) in [6.45, 7) is 10.4. The summed E-state index contributed by atoms with van der Waals surface area (Å²) in [5.41, 5.74) is 1.41. The summed E-state index contributed by atoms with van der Waals surface area (Å²) in [6.07, 6.45) is 8.52. The number of piperidine rings is 2. The Bertz CT molecular complexity index is 732. The quantitative estimate of drug-likeness (QED) is 0.661. The maximum atomic E-state index is 12.8. The van der Waals surface area contributed by atoms with Crippen LogP contribution in [0.3, 0.4) is 0 Å². The first-order valence-electron chi connectivity index (χ1n) is 13.4. The molecule has 0 spiro atoms. The van der Waals surface area contributed by atoms with Crippen molar-refractivity contribution in [1.29, 1.82) is 0 Å². The molecule has 0 aromatic heterocycles. The topological polar surface area (TPSA) is 39.3 Å². The lowest BCUT2D eigenvalue weighted by molar-refractivity contribution is -0.143. The van der Waals surface area contributed by atoms with Crippen molar-refractivity contribution in [2.45, 2.75) is 63.1 Å². The molecule has 4 heterocycles. The van der Waals surface area contributed by atoms with Gasteiger partial charge < -0.3 is 19.4 Å². The van der Waals surface area contributed by atoms with Crippen LogP contribution in [0.4, 0.5) is 0 Å². The number of likely N-dealkylation sites (tertiary alicyclic amines) is 2. The van der Waals surface area contributed by atoms with Crippen molar-refractivity contribution >= 4 is 5.91 Å². The van der Waals surface area contributed by atoms with Crippen molar-refractivity contribution in [2.24, 2.45) is 0 Å². The highest BCUT2D eigenvalue weighted by Crippen LogP contribution is 2.27. The molecule has 6 heteroatoms. The van der Waals surface area contributed by atoms with E-state index in [9.17, 15) is 4.79 Å². The third kappa shape index (κ3) is 5.79. The molecule has 5 rings (SSSR count). The lowest BCUT2D eigenvalue weighted by Gasteiger charge is -2.44. The smallest absolute Gasteiger partial charge is 0.251 e. The van der Waals surface area contributed by atoms with Gasteiger partial charge >= 0.3 is 0 Å². The summed E-state index contributed by atoms with van der Waals surface area (Å²) < 4.78 is 5.65. The maximum Gasteiger partial charge on any atom is 0.251 e. The van der Waals surface area contributed by atoms with Crippen LogP contribution >= 0.6 is 0 Å². The van der Waals surface area contributed by atoms with Crippen LogP contribution in [0.15, 0.2) is 30.3 Å². The molecule has 0 saturated carbocycles. The van der Waals surface area contributed by atoms with Gasteiger partial charge in [0.15, 0.2) is 0 Å². The third-order valence-electron chi connectivity index (χ3n) is 8.35. The molecule has 1 aromatic rings. The van der Waals surface area contributed by atoms with E-state index in [0.717, 1.165) is 58.2 Å². The Morgan fingerprint density at radius 3 is 2.24 bits per heavy atom. The van der Waals surface area contributed by atoms with E-state index < -0.39 is 0 Å². The minimum Gasteiger partial charge on any atom is -0.368 e. The second-order valence-electron chi connectivity index (χ2n) is 10.4. The number of ether oxygens (including phenoxy) is 1. The highest BCUT2D eigenvalue weighted by atomic mass is 16.5. The van der Waals surface area contributed by atoms with Crippen molar-refractivity contribution in [3.05, 3.63) is 35.9 Å². The van der Waals surface area contributed by atoms with Gasteiger partial charge in [-0.1, -0.05) is 36.8 Å². The Morgan fingerprint density at radius 1 is 0.848 bits per heavy atom. The molecule has 182 valence electrons. The molecule has 4 saturated heterocycles. The second-order valence-corrected chi connectivity index (χ2v) is 10.4. The van der Waals surface area contributed by atoms with Crippen LogP contribution in [0.5, 0.6) is 0 Å². The molecule has 33 heavy (non-hydrogen) atoms. The van der Waals surface area contributed by atoms with Gasteiger partial charge in [0.2, 0.25) is 0 Å². The fraction of sp³-hybridized carbons (Fsp3) is 0.741. The number of piperazine rings is 1. The lowest BCUT2D eigenvalue weighted by atomic mass is 9.98. The van der Waals surface area contributed by atoms with Gasteiger partial charge in [0.25, 0.3) is 5.91 Å². The summed E-state index contributed by atoms with van der Waals surface area (Å²) in [4.78, 5) is 22.9. The van der Waals surface area contributed by atoms with Gasteiger partial charge in [-0.2, -0.15) is 0 Å². The number of nitrogens with zero attached hydrogens (tertiary/aromatic N) is 4. The van der Waals surface area contributed by atoms with E-state index in [4.69, 9.17) is 4.74 Å². The monoisotopic (exact) mass is 454 g/mol. The summed E-state index contributed by atoms with van der Waals surface area (Å²) >= 11 is 0. The highest BCUT2D eigenvalue weighted by molar-refractivity contribution is 5.81. The summed E-state index contributed by atoms with van der Waals surface area (Å²) in [5, 5.41) is 0. The molecule has 2 atom stereocenters. The van der Waals surface area contributed by atoms with E-state index in [2.05, 4.69) is 45.0 Å². The average Bonchev–Trinajstić information content (AvgIpc) is 3.44. The minimum absolute atomic E-state index is 0.192. The van der Waals surface area contributed by atoms with Gasteiger partial charge in [-0.25, -0.2) is 0 Å². The van der Waals surface area contributed by atoms with Crippen LogP contribution < -0.4 is 0 Å². The van der Waals surface area contributed by atoms with Gasteiger partial charge in [0, 0.05) is 51.4 Å². The number of carbonyl (C=O) groups excluding carboxylic acids is 1. The number of carbonyl (C=O) groups is 1.